The Hall–Kier alpha value is -2.21. The molecule has 6 heteroatoms. The molecule has 25 heavy (non-hydrogen) atoms. The zero-order chi connectivity index (χ0) is 17.6. The first-order chi connectivity index (χ1) is 12.0. The molecule has 4 heterocycles. The fourth-order valence-electron chi connectivity index (χ4n) is 4.08. The monoisotopic (exact) mass is 340 g/mol. The van der Waals surface area contributed by atoms with Crippen LogP contribution in [0.3, 0.4) is 0 Å². The molecule has 132 valence electrons. The number of rotatable bonds is 2. The minimum Gasteiger partial charge on any atom is -0.367 e. The minimum atomic E-state index is 0.0167. The number of nitrogens with one attached hydrogen (secondary N) is 1. The third-order valence-electron chi connectivity index (χ3n) is 5.35. The van der Waals surface area contributed by atoms with Crippen LogP contribution in [0.15, 0.2) is 18.3 Å². The number of nitrogens with zero attached hydrogens (tertiary/aromatic N) is 3. The van der Waals surface area contributed by atoms with E-state index in [9.17, 15) is 4.79 Å². The number of carbonyl (C=O) groups is 1. The normalized spacial score (nSPS) is 25.9. The predicted octanol–water partition coefficient (Wildman–Crippen LogP) is 2.72. The van der Waals surface area contributed by atoms with Crippen molar-refractivity contribution in [1.29, 1.82) is 0 Å². The highest BCUT2D eigenvalue weighted by Gasteiger charge is 2.41. The lowest BCUT2D eigenvalue weighted by Crippen LogP contribution is -2.45. The average molecular weight is 340 g/mol. The Kier molecular flexibility index (Phi) is 4.07. The number of H-pyrrole nitrogens is 1. The van der Waals surface area contributed by atoms with E-state index in [-0.39, 0.29) is 18.1 Å². The molecule has 3 atom stereocenters. The van der Waals surface area contributed by atoms with Gasteiger partial charge in [-0.2, -0.15) is 0 Å². The van der Waals surface area contributed by atoms with E-state index in [1.54, 1.807) is 6.20 Å². The summed E-state index contributed by atoms with van der Waals surface area (Å²) in [6, 6.07) is 3.87. The number of fused-ring (bicyclic) bond motifs is 1. The smallest absolute Gasteiger partial charge is 0.255 e. The van der Waals surface area contributed by atoms with E-state index < -0.39 is 0 Å². The predicted molar refractivity (Wildman–Crippen MR) is 93.3 cm³/mol. The van der Waals surface area contributed by atoms with Gasteiger partial charge in [0, 0.05) is 30.7 Å². The first-order valence-corrected chi connectivity index (χ1v) is 8.91. The lowest BCUT2D eigenvalue weighted by atomic mass is 9.91. The van der Waals surface area contributed by atoms with Crippen LogP contribution in [0.25, 0.3) is 0 Å². The van der Waals surface area contributed by atoms with Crippen LogP contribution in [-0.2, 0) is 4.74 Å². The highest BCUT2D eigenvalue weighted by molar-refractivity contribution is 5.95. The number of hydrogen-bond acceptors (Lipinski definition) is 4. The van der Waals surface area contributed by atoms with Crippen LogP contribution in [-0.4, -0.2) is 45.0 Å². The molecule has 0 aromatic carbocycles. The number of carbonyl (C=O) groups excluding carboxylic acids is 1. The lowest BCUT2D eigenvalue weighted by molar-refractivity contribution is -0.00570. The number of aromatic amines is 1. The third kappa shape index (κ3) is 3.06. The summed E-state index contributed by atoms with van der Waals surface area (Å²) in [6.45, 7) is 7.28. The summed E-state index contributed by atoms with van der Waals surface area (Å²) in [5, 5.41) is 0. The van der Waals surface area contributed by atoms with Gasteiger partial charge in [0.15, 0.2) is 0 Å². The summed E-state index contributed by atoms with van der Waals surface area (Å²) >= 11 is 0. The van der Waals surface area contributed by atoms with Gasteiger partial charge in [0.2, 0.25) is 0 Å². The molecular formula is C19H24N4O2. The first kappa shape index (κ1) is 16.3. The molecule has 2 saturated heterocycles. The average Bonchev–Trinajstić information content (AvgIpc) is 3.16. The molecule has 0 spiro atoms. The molecule has 2 aliphatic rings. The number of hydrogen-bond donors (Lipinski definition) is 1. The van der Waals surface area contributed by atoms with Crippen molar-refractivity contribution in [2.75, 3.05) is 13.1 Å². The number of aryl methyl sites for hydroxylation is 3. The quantitative estimate of drug-likeness (QED) is 0.912. The summed E-state index contributed by atoms with van der Waals surface area (Å²) in [5.41, 5.74) is 3.69. The molecule has 4 rings (SSSR count). The van der Waals surface area contributed by atoms with Crippen LogP contribution in [0.4, 0.5) is 0 Å². The Bertz CT molecular complexity index is 800. The van der Waals surface area contributed by atoms with E-state index in [0.29, 0.717) is 12.5 Å². The topological polar surface area (TPSA) is 71.1 Å². The third-order valence-corrected chi connectivity index (χ3v) is 5.35. The zero-order valence-electron chi connectivity index (χ0n) is 15.0. The van der Waals surface area contributed by atoms with Gasteiger partial charge < -0.3 is 14.6 Å². The van der Waals surface area contributed by atoms with E-state index in [4.69, 9.17) is 4.74 Å². The van der Waals surface area contributed by atoms with Crippen molar-refractivity contribution in [3.63, 3.8) is 0 Å². The molecule has 0 aliphatic carbocycles. The molecule has 0 bridgehead atoms. The maximum atomic E-state index is 12.8. The van der Waals surface area contributed by atoms with Crippen molar-refractivity contribution in [3.05, 3.63) is 46.8 Å². The van der Waals surface area contributed by atoms with E-state index in [0.717, 1.165) is 47.9 Å². The fourth-order valence-corrected chi connectivity index (χ4v) is 4.08. The van der Waals surface area contributed by atoms with Crippen LogP contribution in [0, 0.1) is 26.7 Å². The van der Waals surface area contributed by atoms with Crippen LogP contribution in [0.5, 0.6) is 0 Å². The van der Waals surface area contributed by atoms with Crippen molar-refractivity contribution in [2.45, 2.75) is 45.8 Å². The summed E-state index contributed by atoms with van der Waals surface area (Å²) in [4.78, 5) is 26.7. The first-order valence-electron chi connectivity index (χ1n) is 8.91. The van der Waals surface area contributed by atoms with Gasteiger partial charge in [0.1, 0.15) is 11.9 Å². The Morgan fingerprint density at radius 1 is 1.36 bits per heavy atom. The van der Waals surface area contributed by atoms with E-state index >= 15 is 0 Å². The standard InChI is InChI=1S/C19H24N4O2/c1-11-8-15(12(2)21-11)19(24)23-7-5-14-9-17(25-18(14)10-23)16-4-6-20-13(3)22-16/h4,6,8,14,17-18,21H,5,7,9-10H2,1-3H3/t14-,17-,18+/m1/s1. The Balaban J connectivity index is 1.46. The van der Waals surface area contributed by atoms with Crippen molar-refractivity contribution >= 4 is 5.91 Å². The van der Waals surface area contributed by atoms with Gasteiger partial charge in [-0.1, -0.05) is 0 Å². The van der Waals surface area contributed by atoms with E-state index in [1.165, 1.54) is 0 Å². The van der Waals surface area contributed by atoms with Gasteiger partial charge in [-0.25, -0.2) is 9.97 Å². The molecule has 1 amide bonds. The molecule has 6 nitrogen and oxygen atoms in total. The highest BCUT2D eigenvalue weighted by Crippen LogP contribution is 2.40. The van der Waals surface area contributed by atoms with Crippen molar-refractivity contribution < 1.29 is 9.53 Å². The molecule has 0 radical (unpaired) electrons. The number of aromatic nitrogens is 3. The van der Waals surface area contributed by atoms with E-state index in [2.05, 4.69) is 15.0 Å². The SMILES string of the molecule is Cc1nccc([C@H]2C[C@H]3CCN(C(=O)c4cc(C)[nH]c4C)C[C@@H]3O2)n1. The Morgan fingerprint density at radius 2 is 2.20 bits per heavy atom. The maximum absolute atomic E-state index is 12.8. The number of ether oxygens (including phenoxy) is 1. The minimum absolute atomic E-state index is 0.0167. The van der Waals surface area contributed by atoms with Crippen molar-refractivity contribution in [2.24, 2.45) is 5.92 Å². The van der Waals surface area contributed by atoms with Gasteiger partial charge in [-0.05, 0) is 51.7 Å². The second kappa shape index (κ2) is 6.26. The van der Waals surface area contributed by atoms with E-state index in [1.807, 2.05) is 37.8 Å². The lowest BCUT2D eigenvalue weighted by Gasteiger charge is -2.34. The second-order valence-corrected chi connectivity index (χ2v) is 7.22. The molecule has 2 aliphatic heterocycles. The van der Waals surface area contributed by atoms with Crippen molar-refractivity contribution in [1.82, 2.24) is 19.9 Å². The van der Waals surface area contributed by atoms with Gasteiger partial charge in [-0.15, -0.1) is 0 Å². The summed E-state index contributed by atoms with van der Waals surface area (Å²) in [6.07, 6.45) is 3.86. The molecule has 1 N–H and O–H groups in total. The number of piperidine rings is 1. The number of likely N-dealkylation sites (tertiary alicyclic amines) is 1. The molecular weight excluding hydrogens is 316 g/mol. The van der Waals surface area contributed by atoms with Gasteiger partial charge in [-0.3, -0.25) is 4.79 Å². The highest BCUT2D eigenvalue weighted by atomic mass is 16.5. The van der Waals surface area contributed by atoms with Crippen LogP contribution >= 0.6 is 0 Å². The van der Waals surface area contributed by atoms with Gasteiger partial charge in [0.05, 0.1) is 17.4 Å². The summed E-state index contributed by atoms with van der Waals surface area (Å²) in [5.74, 6) is 1.37. The van der Waals surface area contributed by atoms with Crippen LogP contribution < -0.4 is 0 Å². The van der Waals surface area contributed by atoms with Gasteiger partial charge >= 0.3 is 0 Å². The molecule has 2 aromatic rings. The van der Waals surface area contributed by atoms with Gasteiger partial charge in [0.25, 0.3) is 5.91 Å². The largest absolute Gasteiger partial charge is 0.367 e. The summed E-state index contributed by atoms with van der Waals surface area (Å²) < 4.78 is 6.27. The maximum Gasteiger partial charge on any atom is 0.255 e. The molecule has 0 unspecified atom stereocenters. The fraction of sp³-hybridized carbons (Fsp3) is 0.526. The number of amides is 1. The molecule has 2 fully saturated rings. The zero-order valence-corrected chi connectivity index (χ0v) is 15.0. The molecule has 2 aromatic heterocycles. The van der Waals surface area contributed by atoms with Crippen molar-refractivity contribution in [3.8, 4) is 0 Å². The Morgan fingerprint density at radius 3 is 2.92 bits per heavy atom. The summed E-state index contributed by atoms with van der Waals surface area (Å²) in [7, 11) is 0. The molecule has 0 saturated carbocycles. The Labute approximate surface area is 147 Å². The van der Waals surface area contributed by atoms with Crippen LogP contribution in [0.1, 0.15) is 52.2 Å². The second-order valence-electron chi connectivity index (χ2n) is 7.22. The van der Waals surface area contributed by atoms with Crippen LogP contribution in [0.2, 0.25) is 0 Å².